The predicted octanol–water partition coefficient (Wildman–Crippen LogP) is 2.60. The average molecular weight is 502 g/mol. The van der Waals surface area contributed by atoms with Crippen LogP contribution in [0.25, 0.3) is 10.7 Å². The van der Waals surface area contributed by atoms with Crippen molar-refractivity contribution in [3.63, 3.8) is 0 Å². The summed E-state index contributed by atoms with van der Waals surface area (Å²) in [5, 5.41) is 31.8. The molecule has 0 aromatic carbocycles. The van der Waals surface area contributed by atoms with Crippen molar-refractivity contribution >= 4 is 46.5 Å². The third-order valence-electron chi connectivity index (χ3n) is 4.78. The van der Waals surface area contributed by atoms with Crippen molar-refractivity contribution in [2.45, 2.75) is 39.6 Å². The second-order valence-corrected chi connectivity index (χ2v) is 9.94. The lowest BCUT2D eigenvalue weighted by molar-refractivity contribution is -0.186. The summed E-state index contributed by atoms with van der Waals surface area (Å²) in [4.78, 5) is 10.4. The monoisotopic (exact) mass is 501 g/mol. The number of ether oxygens (including phenoxy) is 2. The normalized spacial score (nSPS) is 26.3. The maximum atomic E-state index is 10.9. The van der Waals surface area contributed by atoms with E-state index < -0.39 is 29.8 Å². The zero-order valence-corrected chi connectivity index (χ0v) is 19.7. The van der Waals surface area contributed by atoms with Gasteiger partial charge in [0.2, 0.25) is 0 Å². The van der Waals surface area contributed by atoms with Gasteiger partial charge in [-0.1, -0.05) is 28.6 Å². The Labute approximate surface area is 196 Å². The van der Waals surface area contributed by atoms with Gasteiger partial charge >= 0.3 is 0 Å². The Hall–Kier alpha value is -1.25. The molecule has 0 saturated carbocycles. The molecule has 0 amide bonds. The third-order valence-corrected chi connectivity index (χ3v) is 7.77. The van der Waals surface area contributed by atoms with Gasteiger partial charge in [0.15, 0.2) is 0 Å². The fourth-order valence-electron chi connectivity index (χ4n) is 3.31. The quantitative estimate of drug-likeness (QED) is 0.468. The molecule has 5 atom stereocenters. The van der Waals surface area contributed by atoms with Crippen LogP contribution in [0.5, 0.6) is 0 Å². The Morgan fingerprint density at radius 3 is 2.84 bits per heavy atom. The summed E-state index contributed by atoms with van der Waals surface area (Å²) in [5.41, 5.74) is 0.0171. The molecule has 9 nitrogen and oxygen atoms in total. The van der Waals surface area contributed by atoms with Crippen LogP contribution < -0.4 is 0 Å². The molecule has 13 heteroatoms. The van der Waals surface area contributed by atoms with E-state index in [9.17, 15) is 10.2 Å². The Morgan fingerprint density at radius 2 is 2.16 bits per heavy atom. The number of aromatic nitrogens is 5. The van der Waals surface area contributed by atoms with E-state index in [4.69, 9.17) is 21.1 Å². The van der Waals surface area contributed by atoms with Gasteiger partial charge < -0.3 is 19.7 Å². The van der Waals surface area contributed by atoms with E-state index in [1.165, 1.54) is 23.1 Å². The third kappa shape index (κ3) is 4.91. The van der Waals surface area contributed by atoms with E-state index in [2.05, 4.69) is 20.3 Å². The predicted molar refractivity (Wildman–Crippen MR) is 120 cm³/mol. The number of hydrogen-bond donors (Lipinski definition) is 2. The minimum absolute atomic E-state index is 0.349. The van der Waals surface area contributed by atoms with Crippen LogP contribution in [0, 0.1) is 0 Å². The summed E-state index contributed by atoms with van der Waals surface area (Å²) in [7, 11) is 1.55. The first kappa shape index (κ1) is 22.9. The molecule has 2 N–H and O–H groups in total. The van der Waals surface area contributed by atoms with Crippen molar-refractivity contribution < 1.29 is 19.7 Å². The molecule has 31 heavy (non-hydrogen) atoms. The molecule has 1 aliphatic heterocycles. The molecule has 0 radical (unpaired) electrons. The Morgan fingerprint density at radius 1 is 1.35 bits per heavy atom. The number of pyridine rings is 1. The van der Waals surface area contributed by atoms with Gasteiger partial charge in [-0.25, -0.2) is 9.67 Å². The van der Waals surface area contributed by atoms with Gasteiger partial charge in [-0.3, -0.25) is 4.98 Å². The van der Waals surface area contributed by atoms with Crippen molar-refractivity contribution in [1.82, 2.24) is 25.0 Å². The fraction of sp³-hybridized carbons (Fsp3) is 0.444. The van der Waals surface area contributed by atoms with Gasteiger partial charge in [0.25, 0.3) is 0 Å². The molecule has 0 aliphatic carbocycles. The molecule has 3 aromatic rings. The lowest BCUT2D eigenvalue weighted by atomic mass is 9.97. The lowest BCUT2D eigenvalue weighted by Crippen LogP contribution is -2.55. The largest absolute Gasteiger partial charge is 0.394 e. The highest BCUT2D eigenvalue weighted by Crippen LogP contribution is 2.40. The summed E-state index contributed by atoms with van der Waals surface area (Å²) in [5.74, 6) is 0. The number of methoxy groups -OCH3 is 1. The van der Waals surface area contributed by atoms with E-state index in [-0.39, 0.29) is 6.61 Å². The van der Waals surface area contributed by atoms with Crippen molar-refractivity contribution in [2.75, 3.05) is 20.0 Å². The molecule has 166 valence electrons. The van der Waals surface area contributed by atoms with Gasteiger partial charge in [0.1, 0.15) is 45.6 Å². The molecule has 2 unspecified atom stereocenters. The van der Waals surface area contributed by atoms with Crippen LogP contribution in [0.3, 0.4) is 0 Å². The van der Waals surface area contributed by atoms with Gasteiger partial charge in [-0.15, -0.1) is 28.2 Å². The fourth-order valence-corrected chi connectivity index (χ4v) is 5.88. The first-order valence-electron chi connectivity index (χ1n) is 9.20. The number of hydrogen-bond acceptors (Lipinski definition) is 11. The van der Waals surface area contributed by atoms with Crippen LogP contribution in [0.1, 0.15) is 6.04 Å². The molecule has 1 fully saturated rings. The number of halogens is 1. The van der Waals surface area contributed by atoms with E-state index in [0.717, 1.165) is 9.79 Å². The minimum Gasteiger partial charge on any atom is -0.394 e. The molecule has 0 spiro atoms. The zero-order valence-electron chi connectivity index (χ0n) is 16.5. The van der Waals surface area contributed by atoms with Crippen LogP contribution in [-0.2, 0) is 9.47 Å². The summed E-state index contributed by atoms with van der Waals surface area (Å²) in [6.45, 7) is -0.349. The molecular weight excluding hydrogens is 482 g/mol. The van der Waals surface area contributed by atoms with Gasteiger partial charge in [-0.05, 0) is 12.3 Å². The summed E-state index contributed by atoms with van der Waals surface area (Å²) >= 11 is 10.3. The second-order valence-electron chi connectivity index (χ2n) is 6.64. The second kappa shape index (κ2) is 10.1. The average Bonchev–Trinajstić information content (AvgIpc) is 3.43. The molecule has 3 aromatic heterocycles. The number of aliphatic hydroxyl groups is 2. The molecule has 4 rings (SSSR count). The topological polar surface area (TPSA) is 115 Å². The van der Waals surface area contributed by atoms with Crippen LogP contribution in [-0.4, -0.2) is 78.9 Å². The highest BCUT2D eigenvalue weighted by Gasteiger charge is 2.47. The smallest absolute Gasteiger partial charge is 0.147 e. The summed E-state index contributed by atoms with van der Waals surface area (Å²) in [6.07, 6.45) is 4.75. The van der Waals surface area contributed by atoms with Crippen LogP contribution in [0.4, 0.5) is 0 Å². The van der Waals surface area contributed by atoms with Crippen molar-refractivity contribution in [1.29, 1.82) is 0 Å². The maximum Gasteiger partial charge on any atom is 0.147 e. The number of nitrogens with zero attached hydrogens (tertiary/aromatic N) is 5. The first-order chi connectivity index (χ1) is 15.0. The number of aliphatic hydroxyl groups excluding tert-OH is 2. The molecule has 1 aliphatic rings. The standard InChI is InChI=1S/C18H20ClN5O4S3/c1-27-16-14(24-6-11(22-23-24)17-21-13(19)8-30-17)15(26)12(7-25)28-18(16)31-10-3-9(29-2)4-20-5-10/h3-6,8,12,14-16,18,25-26H,7H2,1-2H3/t12?,14-,15-,16?,18+/m0/s1. The van der Waals surface area contributed by atoms with Crippen molar-refractivity contribution in [3.05, 3.63) is 35.2 Å². The summed E-state index contributed by atoms with van der Waals surface area (Å²) in [6, 6.07) is 1.37. The van der Waals surface area contributed by atoms with Crippen LogP contribution in [0.2, 0.25) is 5.15 Å². The summed E-state index contributed by atoms with van der Waals surface area (Å²) < 4.78 is 13.3. The number of rotatable bonds is 7. The maximum absolute atomic E-state index is 10.9. The Kier molecular flexibility index (Phi) is 7.49. The number of thioether (sulfide) groups is 2. The number of thiazole rings is 1. The van der Waals surface area contributed by atoms with E-state index in [0.29, 0.717) is 15.9 Å². The van der Waals surface area contributed by atoms with Crippen molar-refractivity contribution in [2.24, 2.45) is 0 Å². The Balaban J connectivity index is 1.64. The van der Waals surface area contributed by atoms with Crippen molar-refractivity contribution in [3.8, 4) is 10.7 Å². The van der Waals surface area contributed by atoms with E-state index >= 15 is 0 Å². The molecule has 1 saturated heterocycles. The molecule has 0 bridgehead atoms. The Bertz CT molecular complexity index is 1020. The highest BCUT2D eigenvalue weighted by atomic mass is 35.5. The van der Waals surface area contributed by atoms with Gasteiger partial charge in [0.05, 0.1) is 12.8 Å². The van der Waals surface area contributed by atoms with E-state index in [1.54, 1.807) is 47.5 Å². The minimum atomic E-state index is -1.06. The first-order valence-corrected chi connectivity index (χ1v) is 12.6. The SMILES string of the molecule is COC1[C@@H](Sc2cncc(SC)c2)OC(CO)[C@H](O)[C@@H]1n1cc(-c2nc(Cl)cs2)nn1. The van der Waals surface area contributed by atoms with E-state index in [1.807, 2.05) is 12.3 Å². The van der Waals surface area contributed by atoms with Gasteiger partial charge in [-0.2, -0.15) is 0 Å². The van der Waals surface area contributed by atoms with Crippen LogP contribution in [0.15, 0.2) is 39.8 Å². The zero-order chi connectivity index (χ0) is 22.0. The lowest BCUT2D eigenvalue weighted by Gasteiger charge is -2.43. The van der Waals surface area contributed by atoms with Crippen LogP contribution >= 0.6 is 46.5 Å². The highest BCUT2D eigenvalue weighted by molar-refractivity contribution is 8.00. The molecular formula is C18H20ClN5O4S3. The molecule has 4 heterocycles. The van der Waals surface area contributed by atoms with Gasteiger partial charge in [0, 0.05) is 34.7 Å².